The summed E-state index contributed by atoms with van der Waals surface area (Å²) in [4.78, 5) is 11.6. The van der Waals surface area contributed by atoms with Gasteiger partial charge >= 0.3 is 5.97 Å². The van der Waals surface area contributed by atoms with Gasteiger partial charge in [0.1, 0.15) is 6.10 Å². The second-order valence-electron chi connectivity index (χ2n) is 6.00. The standard InChI is InChI=1S/C18H24O6/c1-3-4-5-6-15(24-12(2)19)13-9-16-17(23-11-22-16)10-14(13)18-20-7-8-21-18/h9-10,15,18H,3-8,11H2,1-2H3. The van der Waals surface area contributed by atoms with Crippen LogP contribution in [0.4, 0.5) is 0 Å². The van der Waals surface area contributed by atoms with Crippen LogP contribution in [0.15, 0.2) is 12.1 Å². The number of benzene rings is 1. The predicted molar refractivity (Wildman–Crippen MR) is 85.9 cm³/mol. The van der Waals surface area contributed by atoms with E-state index >= 15 is 0 Å². The second-order valence-corrected chi connectivity index (χ2v) is 6.00. The molecule has 24 heavy (non-hydrogen) atoms. The smallest absolute Gasteiger partial charge is 0.303 e. The maximum atomic E-state index is 11.6. The van der Waals surface area contributed by atoms with Crippen molar-refractivity contribution in [2.75, 3.05) is 20.0 Å². The number of ether oxygens (including phenoxy) is 5. The Bertz CT molecular complexity index is 579. The summed E-state index contributed by atoms with van der Waals surface area (Å²) < 4.78 is 27.9. The summed E-state index contributed by atoms with van der Waals surface area (Å²) in [6.07, 6.45) is 3.13. The molecule has 0 saturated carbocycles. The monoisotopic (exact) mass is 336 g/mol. The maximum absolute atomic E-state index is 11.6. The molecular formula is C18H24O6. The summed E-state index contributed by atoms with van der Waals surface area (Å²) in [6.45, 7) is 4.87. The van der Waals surface area contributed by atoms with E-state index < -0.39 is 6.29 Å². The molecule has 6 heteroatoms. The SMILES string of the molecule is CCCCCC(OC(C)=O)c1cc2c(cc1C1OCCO1)OCO2. The molecule has 2 aliphatic rings. The molecular weight excluding hydrogens is 312 g/mol. The van der Waals surface area contributed by atoms with Crippen LogP contribution in [0.3, 0.4) is 0 Å². The van der Waals surface area contributed by atoms with Gasteiger partial charge in [0.15, 0.2) is 17.8 Å². The van der Waals surface area contributed by atoms with Crippen molar-refractivity contribution in [3.05, 3.63) is 23.3 Å². The molecule has 0 aliphatic carbocycles. The van der Waals surface area contributed by atoms with Crippen LogP contribution in [-0.4, -0.2) is 26.0 Å². The van der Waals surface area contributed by atoms with Crippen molar-refractivity contribution >= 4 is 5.97 Å². The van der Waals surface area contributed by atoms with Gasteiger partial charge in [-0.15, -0.1) is 0 Å². The number of esters is 1. The number of carbonyl (C=O) groups is 1. The van der Waals surface area contributed by atoms with E-state index in [-0.39, 0.29) is 18.9 Å². The van der Waals surface area contributed by atoms with Gasteiger partial charge in [0.2, 0.25) is 6.79 Å². The summed E-state index contributed by atoms with van der Waals surface area (Å²) in [7, 11) is 0. The minimum Gasteiger partial charge on any atom is -0.458 e. The lowest BCUT2D eigenvalue weighted by molar-refractivity contribution is -0.147. The van der Waals surface area contributed by atoms with Gasteiger partial charge in [-0.25, -0.2) is 0 Å². The van der Waals surface area contributed by atoms with Crippen molar-refractivity contribution in [2.24, 2.45) is 0 Å². The Labute approximate surface area is 142 Å². The van der Waals surface area contributed by atoms with Crippen molar-refractivity contribution in [3.63, 3.8) is 0 Å². The fourth-order valence-electron chi connectivity index (χ4n) is 3.05. The Hall–Kier alpha value is -1.79. The van der Waals surface area contributed by atoms with E-state index in [4.69, 9.17) is 23.7 Å². The summed E-state index contributed by atoms with van der Waals surface area (Å²) in [6, 6.07) is 3.77. The van der Waals surface area contributed by atoms with Crippen LogP contribution < -0.4 is 9.47 Å². The summed E-state index contributed by atoms with van der Waals surface area (Å²) in [5.74, 6) is 1.04. The van der Waals surface area contributed by atoms with E-state index in [1.54, 1.807) is 0 Å². The summed E-state index contributed by atoms with van der Waals surface area (Å²) in [5, 5.41) is 0. The molecule has 1 aromatic carbocycles. The number of rotatable bonds is 7. The molecule has 0 N–H and O–H groups in total. The summed E-state index contributed by atoms with van der Waals surface area (Å²) >= 11 is 0. The normalized spacial score (nSPS) is 17.9. The van der Waals surface area contributed by atoms with Crippen LogP contribution in [0.2, 0.25) is 0 Å². The average molecular weight is 336 g/mol. The van der Waals surface area contributed by atoms with E-state index in [0.717, 1.165) is 36.8 Å². The first-order chi connectivity index (χ1) is 11.7. The van der Waals surface area contributed by atoms with E-state index in [9.17, 15) is 4.79 Å². The minimum absolute atomic E-state index is 0.193. The second kappa shape index (κ2) is 7.85. The Balaban J connectivity index is 1.93. The molecule has 0 radical (unpaired) electrons. The Morgan fingerprint density at radius 2 is 1.92 bits per heavy atom. The van der Waals surface area contributed by atoms with E-state index in [1.165, 1.54) is 6.92 Å². The van der Waals surface area contributed by atoms with Gasteiger partial charge in [-0.1, -0.05) is 19.8 Å². The fourth-order valence-corrected chi connectivity index (χ4v) is 3.05. The molecule has 1 saturated heterocycles. The lowest BCUT2D eigenvalue weighted by Crippen LogP contribution is -2.13. The van der Waals surface area contributed by atoms with Gasteiger partial charge < -0.3 is 23.7 Å². The lowest BCUT2D eigenvalue weighted by atomic mass is 9.96. The first kappa shape index (κ1) is 17.0. The van der Waals surface area contributed by atoms with Crippen molar-refractivity contribution in [3.8, 4) is 11.5 Å². The topological polar surface area (TPSA) is 63.2 Å². The molecule has 1 unspecified atom stereocenters. The van der Waals surface area contributed by atoms with Crippen LogP contribution >= 0.6 is 0 Å². The van der Waals surface area contributed by atoms with Gasteiger partial charge in [-0.3, -0.25) is 4.79 Å². The Kier molecular flexibility index (Phi) is 5.58. The van der Waals surface area contributed by atoms with Crippen molar-refractivity contribution < 1.29 is 28.5 Å². The van der Waals surface area contributed by atoms with E-state index in [0.29, 0.717) is 24.7 Å². The van der Waals surface area contributed by atoms with Crippen LogP contribution in [0, 0.1) is 0 Å². The molecule has 0 aromatic heterocycles. The molecule has 0 amide bonds. The minimum atomic E-state index is -0.460. The van der Waals surface area contributed by atoms with Crippen molar-refractivity contribution in [1.29, 1.82) is 0 Å². The van der Waals surface area contributed by atoms with Gasteiger partial charge in [-0.05, 0) is 25.0 Å². The number of fused-ring (bicyclic) bond motifs is 1. The first-order valence-electron chi connectivity index (χ1n) is 8.53. The van der Waals surface area contributed by atoms with Crippen molar-refractivity contribution in [1.82, 2.24) is 0 Å². The van der Waals surface area contributed by atoms with Crippen molar-refractivity contribution in [2.45, 2.75) is 51.9 Å². The zero-order valence-corrected chi connectivity index (χ0v) is 14.2. The number of hydrogen-bond acceptors (Lipinski definition) is 6. The van der Waals surface area contributed by atoms with Gasteiger partial charge in [-0.2, -0.15) is 0 Å². The predicted octanol–water partition coefficient (Wildman–Crippen LogP) is 3.65. The fraction of sp³-hybridized carbons (Fsp3) is 0.611. The highest BCUT2D eigenvalue weighted by molar-refractivity contribution is 5.66. The third kappa shape index (κ3) is 3.82. The van der Waals surface area contributed by atoms with Crippen LogP contribution in [0.5, 0.6) is 11.5 Å². The molecule has 1 fully saturated rings. The zero-order valence-electron chi connectivity index (χ0n) is 14.2. The molecule has 1 atom stereocenters. The van der Waals surface area contributed by atoms with Crippen LogP contribution in [0.25, 0.3) is 0 Å². The molecule has 1 aromatic rings. The van der Waals surface area contributed by atoms with Crippen LogP contribution in [-0.2, 0) is 19.0 Å². The molecule has 6 nitrogen and oxygen atoms in total. The molecule has 0 spiro atoms. The zero-order chi connectivity index (χ0) is 16.9. The highest BCUT2D eigenvalue weighted by Crippen LogP contribution is 2.42. The summed E-state index contributed by atoms with van der Waals surface area (Å²) in [5.41, 5.74) is 1.72. The lowest BCUT2D eigenvalue weighted by Gasteiger charge is -2.23. The highest BCUT2D eigenvalue weighted by atomic mass is 16.7. The van der Waals surface area contributed by atoms with Gasteiger partial charge in [0.25, 0.3) is 0 Å². The highest BCUT2D eigenvalue weighted by Gasteiger charge is 2.30. The third-order valence-electron chi connectivity index (χ3n) is 4.18. The number of hydrogen-bond donors (Lipinski definition) is 0. The largest absolute Gasteiger partial charge is 0.458 e. The van der Waals surface area contributed by atoms with E-state index in [1.807, 2.05) is 12.1 Å². The molecule has 132 valence electrons. The molecule has 3 rings (SSSR count). The van der Waals surface area contributed by atoms with Crippen LogP contribution in [0.1, 0.15) is 63.1 Å². The quantitative estimate of drug-likeness (QED) is 0.559. The maximum Gasteiger partial charge on any atom is 0.303 e. The molecule has 0 bridgehead atoms. The van der Waals surface area contributed by atoms with Gasteiger partial charge in [0.05, 0.1) is 13.2 Å². The molecule has 2 heterocycles. The first-order valence-corrected chi connectivity index (χ1v) is 8.53. The average Bonchev–Trinajstić information content (AvgIpc) is 3.23. The van der Waals surface area contributed by atoms with E-state index in [2.05, 4.69) is 6.92 Å². The third-order valence-corrected chi connectivity index (χ3v) is 4.18. The Morgan fingerprint density at radius 1 is 1.21 bits per heavy atom. The number of carbonyl (C=O) groups excluding carboxylic acids is 1. The molecule has 2 aliphatic heterocycles. The Morgan fingerprint density at radius 3 is 2.58 bits per heavy atom. The van der Waals surface area contributed by atoms with Gasteiger partial charge in [0, 0.05) is 18.1 Å². The number of unbranched alkanes of at least 4 members (excludes halogenated alkanes) is 2.